The van der Waals surface area contributed by atoms with Gasteiger partial charge in [-0.15, -0.1) is 0 Å². The normalized spacial score (nSPS) is 11.2. The van der Waals surface area contributed by atoms with Gasteiger partial charge in [-0.25, -0.2) is 0 Å². The van der Waals surface area contributed by atoms with Crippen LogP contribution in [0.2, 0.25) is 0 Å². The topological polar surface area (TPSA) is 43.4 Å². The van der Waals surface area contributed by atoms with E-state index in [9.17, 15) is 8.42 Å². The van der Waals surface area contributed by atoms with Crippen molar-refractivity contribution >= 4 is 61.2 Å². The van der Waals surface area contributed by atoms with Crippen molar-refractivity contribution in [2.75, 3.05) is 6.26 Å². The summed E-state index contributed by atoms with van der Waals surface area (Å²) < 4.78 is 27.6. The van der Waals surface area contributed by atoms with Gasteiger partial charge in [-0.3, -0.25) is 0 Å². The maximum absolute atomic E-state index is 11.3. The Labute approximate surface area is 140 Å². The summed E-state index contributed by atoms with van der Waals surface area (Å²) in [7, 11) is -3.52. The first kappa shape index (κ1) is 15.3. The van der Waals surface area contributed by atoms with Gasteiger partial charge in [0.05, 0.1) is 6.26 Å². The van der Waals surface area contributed by atoms with E-state index in [-0.39, 0.29) is 29.6 Å². The monoisotopic (exact) mass is 296 g/mol. The Bertz CT molecular complexity index is 873. The molecule has 0 atom stereocenters. The van der Waals surface area contributed by atoms with Gasteiger partial charge in [0.25, 0.3) is 0 Å². The van der Waals surface area contributed by atoms with E-state index in [0.29, 0.717) is 5.75 Å². The first-order valence-electron chi connectivity index (χ1n) is 5.84. The van der Waals surface area contributed by atoms with Crippen LogP contribution in [0.15, 0.2) is 54.6 Å². The van der Waals surface area contributed by atoms with Crippen LogP contribution >= 0.6 is 0 Å². The molecule has 3 aromatic carbocycles. The molecule has 0 unspecified atom stereocenters. The quantitative estimate of drug-likeness (QED) is 0.415. The summed E-state index contributed by atoms with van der Waals surface area (Å²) in [5.74, 6) is 0.366. The maximum atomic E-state index is 11.3. The van der Waals surface area contributed by atoms with Crippen molar-refractivity contribution in [2.24, 2.45) is 0 Å². The van der Waals surface area contributed by atoms with E-state index in [4.69, 9.17) is 4.18 Å². The molecule has 0 saturated heterocycles. The van der Waals surface area contributed by atoms with Gasteiger partial charge >= 0.3 is 39.7 Å². The summed E-state index contributed by atoms with van der Waals surface area (Å²) in [4.78, 5) is 0. The second kappa shape index (κ2) is 5.74. The third kappa shape index (κ3) is 3.15. The van der Waals surface area contributed by atoms with Crippen molar-refractivity contribution in [3.8, 4) is 5.75 Å². The van der Waals surface area contributed by atoms with E-state index in [1.165, 1.54) is 0 Å². The van der Waals surface area contributed by atoms with Crippen LogP contribution in [0, 0.1) is 0 Å². The van der Waals surface area contributed by atoms with Gasteiger partial charge in [0, 0.05) is 5.39 Å². The van der Waals surface area contributed by atoms with E-state index >= 15 is 0 Å². The average Bonchev–Trinajstić information content (AvgIpc) is 2.35. The van der Waals surface area contributed by atoms with Gasteiger partial charge in [0.2, 0.25) is 0 Å². The molecule has 0 saturated carbocycles. The number of fused-ring (bicyclic) bond motifs is 2. The van der Waals surface area contributed by atoms with Crippen LogP contribution in [0.4, 0.5) is 0 Å². The molecule has 3 nitrogen and oxygen atoms in total. The molecule has 0 radical (unpaired) electrons. The van der Waals surface area contributed by atoms with E-state index in [1.54, 1.807) is 12.1 Å². The Hall–Kier alpha value is -1.07. The van der Waals surface area contributed by atoms with Crippen LogP contribution in [0.1, 0.15) is 0 Å². The fourth-order valence-corrected chi connectivity index (χ4v) is 2.65. The zero-order valence-electron chi connectivity index (χ0n) is 10.3. The van der Waals surface area contributed by atoms with Crippen molar-refractivity contribution in [3.63, 3.8) is 0 Å². The summed E-state index contributed by atoms with van der Waals surface area (Å²) in [5.41, 5.74) is 0. The molecular weight excluding hydrogens is 283 g/mol. The predicted molar refractivity (Wildman–Crippen MR) is 84.1 cm³/mol. The molecule has 5 heteroatoms. The van der Waals surface area contributed by atoms with E-state index in [1.807, 2.05) is 42.5 Å². The molecule has 0 N–H and O–H groups in total. The van der Waals surface area contributed by atoms with Crippen LogP contribution in [0.25, 0.3) is 21.5 Å². The Morgan fingerprint density at radius 3 is 2.10 bits per heavy atom. The molecule has 0 aliphatic heterocycles. The Kier molecular flexibility index (Phi) is 4.39. The zero-order valence-corrected chi connectivity index (χ0v) is 11.1. The molecule has 98 valence electrons. The van der Waals surface area contributed by atoms with Crippen LogP contribution in [-0.2, 0) is 10.1 Å². The van der Waals surface area contributed by atoms with Crippen LogP contribution in [-0.4, -0.2) is 44.2 Å². The number of hydrogen-bond donors (Lipinski definition) is 0. The third-order valence-electron chi connectivity index (χ3n) is 2.95. The summed E-state index contributed by atoms with van der Waals surface area (Å²) in [5, 5.41) is 3.93. The van der Waals surface area contributed by atoms with Crippen molar-refractivity contribution in [2.45, 2.75) is 0 Å². The molecule has 20 heavy (non-hydrogen) atoms. The summed E-state index contributed by atoms with van der Waals surface area (Å²) in [6.07, 6.45) is 1.05. The summed E-state index contributed by atoms with van der Waals surface area (Å²) >= 11 is 0. The standard InChI is InChI=1S/C15H12O3S.Na.H/c1-19(16,17)18-15-8-4-7-13-9-11-5-2-3-6-12(11)10-14(13)15;;/h2-10H,1H3;;. The van der Waals surface area contributed by atoms with Crippen LogP contribution in [0.3, 0.4) is 0 Å². The summed E-state index contributed by atoms with van der Waals surface area (Å²) in [6.45, 7) is 0. The van der Waals surface area contributed by atoms with Gasteiger partial charge < -0.3 is 4.18 Å². The Morgan fingerprint density at radius 2 is 1.45 bits per heavy atom. The Morgan fingerprint density at radius 1 is 0.850 bits per heavy atom. The molecule has 0 aromatic heterocycles. The van der Waals surface area contributed by atoms with Crippen molar-refractivity contribution in [3.05, 3.63) is 54.6 Å². The minimum atomic E-state index is -3.52. The molecular formula is C15H13NaO3S. The molecule has 0 aliphatic rings. The fourth-order valence-electron chi connectivity index (χ4n) is 2.17. The van der Waals surface area contributed by atoms with Crippen molar-refractivity contribution in [1.29, 1.82) is 0 Å². The van der Waals surface area contributed by atoms with E-state index in [2.05, 4.69) is 0 Å². The fraction of sp³-hybridized carbons (Fsp3) is 0.0667. The van der Waals surface area contributed by atoms with Gasteiger partial charge in [0.15, 0.2) is 0 Å². The van der Waals surface area contributed by atoms with Gasteiger partial charge in [-0.05, 0) is 34.4 Å². The third-order valence-corrected chi connectivity index (χ3v) is 3.43. The first-order chi connectivity index (χ1) is 9.03. The average molecular weight is 296 g/mol. The predicted octanol–water partition coefficient (Wildman–Crippen LogP) is 2.68. The second-order valence-corrected chi connectivity index (χ2v) is 6.04. The molecule has 0 fully saturated rings. The van der Waals surface area contributed by atoms with E-state index < -0.39 is 10.1 Å². The van der Waals surface area contributed by atoms with Crippen molar-refractivity contribution < 1.29 is 12.6 Å². The number of benzene rings is 3. The van der Waals surface area contributed by atoms with Gasteiger partial charge in [-0.2, -0.15) is 8.42 Å². The molecule has 3 aromatic rings. The molecule has 3 rings (SSSR count). The minimum absolute atomic E-state index is 0. The van der Waals surface area contributed by atoms with Crippen LogP contribution in [0.5, 0.6) is 5.75 Å². The molecule has 0 bridgehead atoms. The molecule has 0 spiro atoms. The Balaban J connectivity index is 0.00000147. The second-order valence-electron chi connectivity index (χ2n) is 4.46. The van der Waals surface area contributed by atoms with Crippen LogP contribution < -0.4 is 4.18 Å². The molecule has 0 amide bonds. The number of rotatable bonds is 2. The molecule has 0 aliphatic carbocycles. The van der Waals surface area contributed by atoms with E-state index in [0.717, 1.165) is 27.8 Å². The zero-order chi connectivity index (χ0) is 13.5. The first-order valence-corrected chi connectivity index (χ1v) is 7.65. The summed E-state index contributed by atoms with van der Waals surface area (Å²) in [6, 6.07) is 17.3. The SMILES string of the molecule is CS(=O)(=O)Oc1cccc2cc3ccccc3cc12.[NaH]. The van der Waals surface area contributed by atoms with Gasteiger partial charge in [-0.1, -0.05) is 36.4 Å². The van der Waals surface area contributed by atoms with Crippen molar-refractivity contribution in [1.82, 2.24) is 0 Å². The number of hydrogen-bond acceptors (Lipinski definition) is 3. The van der Waals surface area contributed by atoms with Gasteiger partial charge in [0.1, 0.15) is 5.75 Å². The molecule has 0 heterocycles.